The first kappa shape index (κ1) is 22.0. The Hall–Kier alpha value is -2.74. The van der Waals surface area contributed by atoms with Crippen molar-refractivity contribution in [1.29, 1.82) is 0 Å². The van der Waals surface area contributed by atoms with Crippen LogP contribution in [-0.4, -0.2) is 55.2 Å². The lowest BCUT2D eigenvalue weighted by molar-refractivity contribution is 0.398. The first-order chi connectivity index (χ1) is 14.5. The molecule has 2 heterocycles. The SMILES string of the molecule is CCNC(=NCCCc1cc2c(OC)cc(OC)cc2[nH]1)N(C)Cc1csc(C)n1. The lowest BCUT2D eigenvalue weighted by atomic mass is 10.2. The van der Waals surface area contributed by atoms with Crippen molar-refractivity contribution in [3.8, 4) is 11.5 Å². The molecule has 0 saturated carbocycles. The first-order valence-corrected chi connectivity index (χ1v) is 11.1. The summed E-state index contributed by atoms with van der Waals surface area (Å²) in [4.78, 5) is 14.9. The number of aromatic amines is 1. The van der Waals surface area contributed by atoms with Gasteiger partial charge in [0.2, 0.25) is 0 Å². The summed E-state index contributed by atoms with van der Waals surface area (Å²) in [5.41, 5.74) is 3.27. The van der Waals surface area contributed by atoms with Crippen LogP contribution >= 0.6 is 11.3 Å². The molecule has 0 radical (unpaired) electrons. The fourth-order valence-corrected chi connectivity index (χ4v) is 3.99. The third-order valence-corrected chi connectivity index (χ3v) is 5.64. The second kappa shape index (κ2) is 10.3. The van der Waals surface area contributed by atoms with Crippen LogP contribution in [0, 0.1) is 6.92 Å². The number of methoxy groups -OCH3 is 2. The van der Waals surface area contributed by atoms with Gasteiger partial charge in [0.1, 0.15) is 11.5 Å². The van der Waals surface area contributed by atoms with Gasteiger partial charge in [0.05, 0.1) is 37.0 Å². The number of benzene rings is 1. The monoisotopic (exact) mass is 429 g/mol. The normalized spacial score (nSPS) is 11.7. The molecule has 0 aliphatic rings. The molecule has 0 aliphatic carbocycles. The first-order valence-electron chi connectivity index (χ1n) is 10.2. The maximum absolute atomic E-state index is 5.50. The fraction of sp³-hybridized carbons (Fsp3) is 0.455. The molecule has 0 amide bonds. The van der Waals surface area contributed by atoms with Crippen LogP contribution in [0.2, 0.25) is 0 Å². The maximum Gasteiger partial charge on any atom is 0.194 e. The van der Waals surface area contributed by atoms with Crippen LogP contribution < -0.4 is 14.8 Å². The summed E-state index contributed by atoms with van der Waals surface area (Å²) < 4.78 is 10.9. The molecule has 30 heavy (non-hydrogen) atoms. The largest absolute Gasteiger partial charge is 0.497 e. The van der Waals surface area contributed by atoms with Gasteiger partial charge in [0, 0.05) is 48.7 Å². The van der Waals surface area contributed by atoms with E-state index < -0.39 is 0 Å². The summed E-state index contributed by atoms with van der Waals surface area (Å²) in [6, 6.07) is 6.06. The molecule has 0 fully saturated rings. The van der Waals surface area contributed by atoms with Crippen LogP contribution in [0.25, 0.3) is 10.9 Å². The average Bonchev–Trinajstić information content (AvgIpc) is 3.34. The lowest BCUT2D eigenvalue weighted by Crippen LogP contribution is -2.38. The maximum atomic E-state index is 5.50. The molecule has 2 N–H and O–H groups in total. The van der Waals surface area contributed by atoms with Crippen molar-refractivity contribution < 1.29 is 9.47 Å². The van der Waals surface area contributed by atoms with E-state index in [2.05, 4.69) is 38.6 Å². The number of rotatable bonds is 9. The summed E-state index contributed by atoms with van der Waals surface area (Å²) in [5, 5.41) is 7.64. The van der Waals surface area contributed by atoms with E-state index in [4.69, 9.17) is 14.5 Å². The van der Waals surface area contributed by atoms with Gasteiger partial charge in [-0.05, 0) is 32.8 Å². The van der Waals surface area contributed by atoms with E-state index in [9.17, 15) is 0 Å². The molecule has 8 heteroatoms. The molecule has 3 aromatic rings. The highest BCUT2D eigenvalue weighted by atomic mass is 32.1. The van der Waals surface area contributed by atoms with Gasteiger partial charge < -0.3 is 24.7 Å². The Morgan fingerprint density at radius 3 is 2.77 bits per heavy atom. The Morgan fingerprint density at radius 2 is 2.10 bits per heavy atom. The van der Waals surface area contributed by atoms with E-state index >= 15 is 0 Å². The van der Waals surface area contributed by atoms with Gasteiger partial charge in [0.15, 0.2) is 5.96 Å². The summed E-state index contributed by atoms with van der Waals surface area (Å²) >= 11 is 1.68. The third kappa shape index (κ3) is 5.44. The molecule has 0 unspecified atom stereocenters. The minimum absolute atomic E-state index is 0.749. The Kier molecular flexibility index (Phi) is 7.57. The Morgan fingerprint density at radius 1 is 1.27 bits per heavy atom. The van der Waals surface area contributed by atoms with Crippen LogP contribution in [0.5, 0.6) is 11.5 Å². The van der Waals surface area contributed by atoms with Crippen LogP contribution in [0.1, 0.15) is 29.7 Å². The van der Waals surface area contributed by atoms with E-state index in [0.29, 0.717) is 0 Å². The molecule has 7 nitrogen and oxygen atoms in total. The molecule has 0 saturated heterocycles. The van der Waals surface area contributed by atoms with Crippen LogP contribution in [0.3, 0.4) is 0 Å². The molecule has 162 valence electrons. The van der Waals surface area contributed by atoms with Crippen molar-refractivity contribution >= 4 is 28.2 Å². The molecule has 1 aromatic carbocycles. The standard InChI is InChI=1S/C22H31N5O2S/c1-6-23-22(27(3)13-17-14-30-15(2)25-17)24-9-7-8-16-10-19-20(26-16)11-18(28-4)12-21(19)29-5/h10-12,14,26H,6-9,13H2,1-5H3,(H,23,24). The molecular formula is C22H31N5O2S. The topological polar surface area (TPSA) is 74.8 Å². The second-order valence-corrected chi connectivity index (χ2v) is 8.20. The number of ether oxygens (including phenoxy) is 2. The van der Waals surface area contributed by atoms with Crippen molar-refractivity contribution in [1.82, 2.24) is 20.2 Å². The highest BCUT2D eigenvalue weighted by Gasteiger charge is 2.10. The molecule has 0 aliphatic heterocycles. The van der Waals surface area contributed by atoms with E-state index in [1.165, 1.54) is 5.69 Å². The van der Waals surface area contributed by atoms with Gasteiger partial charge in [-0.15, -0.1) is 11.3 Å². The highest BCUT2D eigenvalue weighted by molar-refractivity contribution is 7.09. The van der Waals surface area contributed by atoms with Gasteiger partial charge in [0.25, 0.3) is 0 Å². The summed E-state index contributed by atoms with van der Waals surface area (Å²) in [7, 11) is 5.39. The van der Waals surface area contributed by atoms with Crippen molar-refractivity contribution in [3.63, 3.8) is 0 Å². The number of fused-ring (bicyclic) bond motifs is 1. The summed E-state index contributed by atoms with van der Waals surface area (Å²) in [6.07, 6.45) is 1.86. The van der Waals surface area contributed by atoms with E-state index in [0.717, 1.165) is 71.5 Å². The lowest BCUT2D eigenvalue weighted by Gasteiger charge is -2.21. The molecule has 0 atom stereocenters. The minimum atomic E-state index is 0.749. The molecule has 2 aromatic heterocycles. The zero-order valence-corrected chi connectivity index (χ0v) is 19.2. The number of nitrogens with one attached hydrogen (secondary N) is 2. The number of guanidine groups is 1. The van der Waals surface area contributed by atoms with E-state index in [1.807, 2.05) is 26.1 Å². The van der Waals surface area contributed by atoms with Crippen LogP contribution in [-0.2, 0) is 13.0 Å². The Bertz CT molecular complexity index is 995. The van der Waals surface area contributed by atoms with Crippen LogP contribution in [0.4, 0.5) is 0 Å². The van der Waals surface area contributed by atoms with Crippen molar-refractivity contribution in [2.24, 2.45) is 4.99 Å². The third-order valence-electron chi connectivity index (χ3n) is 4.81. The number of H-pyrrole nitrogens is 1. The predicted molar refractivity (Wildman–Crippen MR) is 124 cm³/mol. The van der Waals surface area contributed by atoms with Gasteiger partial charge >= 0.3 is 0 Å². The highest BCUT2D eigenvalue weighted by Crippen LogP contribution is 2.31. The molecular weight excluding hydrogens is 398 g/mol. The fourth-order valence-electron chi connectivity index (χ4n) is 3.38. The molecule has 0 spiro atoms. The van der Waals surface area contributed by atoms with Gasteiger partial charge in [-0.3, -0.25) is 4.99 Å². The van der Waals surface area contributed by atoms with E-state index in [1.54, 1.807) is 25.6 Å². The number of hydrogen-bond donors (Lipinski definition) is 2. The van der Waals surface area contributed by atoms with Gasteiger partial charge in [-0.1, -0.05) is 0 Å². The average molecular weight is 430 g/mol. The Labute approximate surface area is 182 Å². The zero-order valence-electron chi connectivity index (χ0n) is 18.4. The van der Waals surface area contributed by atoms with Crippen LogP contribution in [0.15, 0.2) is 28.6 Å². The van der Waals surface area contributed by atoms with Crippen molar-refractivity contribution in [2.45, 2.75) is 33.2 Å². The number of nitrogens with zero attached hydrogens (tertiary/aromatic N) is 3. The Balaban J connectivity index is 1.61. The second-order valence-electron chi connectivity index (χ2n) is 7.14. The minimum Gasteiger partial charge on any atom is -0.497 e. The van der Waals surface area contributed by atoms with Gasteiger partial charge in [-0.2, -0.15) is 0 Å². The molecule has 0 bridgehead atoms. The number of aliphatic imine (C=N–C) groups is 1. The van der Waals surface area contributed by atoms with Gasteiger partial charge in [-0.25, -0.2) is 4.98 Å². The summed E-state index contributed by atoms with van der Waals surface area (Å²) in [5.74, 6) is 2.51. The van der Waals surface area contributed by atoms with E-state index in [-0.39, 0.29) is 0 Å². The molecule has 3 rings (SSSR count). The number of aryl methyl sites for hydroxylation is 2. The smallest absolute Gasteiger partial charge is 0.194 e. The predicted octanol–water partition coefficient (Wildman–Crippen LogP) is 3.98. The van der Waals surface area contributed by atoms with Crippen molar-refractivity contribution in [3.05, 3.63) is 40.0 Å². The summed E-state index contributed by atoms with van der Waals surface area (Å²) in [6.45, 7) is 6.45. The number of thiazole rings is 1. The number of aromatic nitrogens is 2. The quantitative estimate of drug-likeness (QED) is 0.306. The number of hydrogen-bond acceptors (Lipinski definition) is 5. The van der Waals surface area contributed by atoms with Crippen molar-refractivity contribution in [2.75, 3.05) is 34.4 Å². The zero-order chi connectivity index (χ0) is 21.5.